The Kier molecular flexibility index (Phi) is 7.51. The van der Waals surface area contributed by atoms with Crippen LogP contribution in [0.15, 0.2) is 0 Å². The van der Waals surface area contributed by atoms with E-state index in [1.165, 1.54) is 25.7 Å². The third kappa shape index (κ3) is 6.62. The second kappa shape index (κ2) is 7.56. The first-order valence-electron chi connectivity index (χ1n) is 5.04. The summed E-state index contributed by atoms with van der Waals surface area (Å²) in [5, 5.41) is 17.6. The Morgan fingerprint density at radius 1 is 1.00 bits per heavy atom. The Morgan fingerprint density at radius 3 is 2.08 bits per heavy atom. The van der Waals surface area contributed by atoms with Crippen LogP contribution in [-0.4, -0.2) is 16.5 Å². The molecule has 0 bridgehead atoms. The SMILES string of the molecule is CCCCCCCC(C)C(O)O. The Morgan fingerprint density at radius 2 is 1.58 bits per heavy atom. The fraction of sp³-hybridized carbons (Fsp3) is 1.00. The van der Waals surface area contributed by atoms with Crippen LogP contribution in [0.2, 0.25) is 0 Å². The summed E-state index contributed by atoms with van der Waals surface area (Å²) >= 11 is 0. The molecule has 0 aliphatic carbocycles. The molecule has 0 spiro atoms. The van der Waals surface area contributed by atoms with Crippen molar-refractivity contribution >= 4 is 0 Å². The zero-order valence-electron chi connectivity index (χ0n) is 8.29. The van der Waals surface area contributed by atoms with Crippen molar-refractivity contribution in [3.8, 4) is 0 Å². The molecule has 0 radical (unpaired) electrons. The molecule has 0 amide bonds. The van der Waals surface area contributed by atoms with E-state index in [2.05, 4.69) is 6.92 Å². The number of hydrogen-bond donors (Lipinski definition) is 2. The quantitative estimate of drug-likeness (QED) is 0.459. The number of aliphatic hydroxyl groups is 2. The number of unbranched alkanes of at least 4 members (excludes halogenated alkanes) is 4. The van der Waals surface area contributed by atoms with Crippen LogP contribution < -0.4 is 0 Å². The third-order valence-electron chi connectivity index (χ3n) is 2.27. The first-order valence-corrected chi connectivity index (χ1v) is 5.04. The van der Waals surface area contributed by atoms with Crippen LogP contribution in [0.3, 0.4) is 0 Å². The minimum absolute atomic E-state index is 0.0339. The van der Waals surface area contributed by atoms with Gasteiger partial charge in [-0.05, 0) is 6.42 Å². The van der Waals surface area contributed by atoms with E-state index in [4.69, 9.17) is 10.2 Å². The van der Waals surface area contributed by atoms with Gasteiger partial charge in [0.05, 0.1) is 0 Å². The Bertz CT molecular complexity index is 91.8. The highest BCUT2D eigenvalue weighted by Crippen LogP contribution is 2.12. The van der Waals surface area contributed by atoms with E-state index in [1.807, 2.05) is 6.92 Å². The normalized spacial score (nSPS) is 13.8. The Balaban J connectivity index is 3.08. The summed E-state index contributed by atoms with van der Waals surface area (Å²) in [7, 11) is 0. The van der Waals surface area contributed by atoms with Gasteiger partial charge in [-0.25, -0.2) is 0 Å². The molecule has 74 valence electrons. The van der Waals surface area contributed by atoms with E-state index in [1.54, 1.807) is 0 Å². The number of rotatable bonds is 7. The minimum Gasteiger partial charge on any atom is -0.368 e. The molecule has 0 fully saturated rings. The smallest absolute Gasteiger partial charge is 0.154 e. The second-order valence-electron chi connectivity index (χ2n) is 3.59. The lowest BCUT2D eigenvalue weighted by Crippen LogP contribution is -2.15. The van der Waals surface area contributed by atoms with E-state index >= 15 is 0 Å². The topological polar surface area (TPSA) is 40.5 Å². The zero-order valence-corrected chi connectivity index (χ0v) is 8.29. The molecule has 2 heteroatoms. The molecule has 1 atom stereocenters. The van der Waals surface area contributed by atoms with Gasteiger partial charge in [0.2, 0.25) is 0 Å². The second-order valence-corrected chi connectivity index (χ2v) is 3.59. The summed E-state index contributed by atoms with van der Waals surface area (Å²) in [4.78, 5) is 0. The van der Waals surface area contributed by atoms with Crippen LogP contribution in [0.25, 0.3) is 0 Å². The van der Waals surface area contributed by atoms with Gasteiger partial charge < -0.3 is 10.2 Å². The average Bonchev–Trinajstić information content (AvgIpc) is 2.03. The van der Waals surface area contributed by atoms with Crippen LogP contribution in [0, 0.1) is 5.92 Å². The summed E-state index contributed by atoms with van der Waals surface area (Å²) in [6.45, 7) is 4.07. The van der Waals surface area contributed by atoms with Crippen molar-refractivity contribution in [2.45, 2.75) is 58.7 Å². The van der Waals surface area contributed by atoms with Crippen molar-refractivity contribution in [1.29, 1.82) is 0 Å². The molecule has 0 aliphatic rings. The maximum atomic E-state index is 8.78. The molecular weight excluding hydrogens is 152 g/mol. The highest BCUT2D eigenvalue weighted by Gasteiger charge is 2.08. The largest absolute Gasteiger partial charge is 0.368 e. The molecular formula is C10H22O2. The summed E-state index contributed by atoms with van der Waals surface area (Å²) in [6.07, 6.45) is 6.00. The molecule has 0 aromatic carbocycles. The highest BCUT2D eigenvalue weighted by molar-refractivity contribution is 4.54. The predicted molar refractivity (Wildman–Crippen MR) is 50.8 cm³/mol. The van der Waals surface area contributed by atoms with Crippen molar-refractivity contribution in [3.05, 3.63) is 0 Å². The fourth-order valence-electron chi connectivity index (χ4n) is 1.22. The van der Waals surface area contributed by atoms with Crippen LogP contribution in [0.5, 0.6) is 0 Å². The molecule has 12 heavy (non-hydrogen) atoms. The first-order chi connectivity index (χ1) is 5.68. The predicted octanol–water partition coefficient (Wildman–Crippen LogP) is 2.29. The Hall–Kier alpha value is -0.0800. The molecule has 0 heterocycles. The molecule has 1 unspecified atom stereocenters. The van der Waals surface area contributed by atoms with Gasteiger partial charge in [-0.15, -0.1) is 0 Å². The van der Waals surface area contributed by atoms with Gasteiger partial charge >= 0.3 is 0 Å². The molecule has 0 saturated carbocycles. The van der Waals surface area contributed by atoms with Crippen molar-refractivity contribution in [1.82, 2.24) is 0 Å². The van der Waals surface area contributed by atoms with Crippen molar-refractivity contribution in [3.63, 3.8) is 0 Å². The molecule has 2 N–H and O–H groups in total. The molecule has 0 aromatic heterocycles. The summed E-state index contributed by atoms with van der Waals surface area (Å²) in [6, 6.07) is 0. The van der Waals surface area contributed by atoms with E-state index in [0.29, 0.717) is 0 Å². The van der Waals surface area contributed by atoms with E-state index in [0.717, 1.165) is 12.8 Å². The van der Waals surface area contributed by atoms with E-state index in [9.17, 15) is 0 Å². The van der Waals surface area contributed by atoms with E-state index in [-0.39, 0.29) is 5.92 Å². The zero-order chi connectivity index (χ0) is 9.40. The molecule has 2 nitrogen and oxygen atoms in total. The lowest BCUT2D eigenvalue weighted by atomic mass is 10.0. The lowest BCUT2D eigenvalue weighted by molar-refractivity contribution is -0.0808. The Labute approximate surface area is 75.6 Å². The summed E-state index contributed by atoms with van der Waals surface area (Å²) in [5.41, 5.74) is 0. The maximum Gasteiger partial charge on any atom is 0.154 e. The van der Waals surface area contributed by atoms with Crippen LogP contribution >= 0.6 is 0 Å². The van der Waals surface area contributed by atoms with Crippen molar-refractivity contribution in [2.75, 3.05) is 0 Å². The molecule has 0 aliphatic heterocycles. The lowest BCUT2D eigenvalue weighted by Gasteiger charge is -2.12. The summed E-state index contributed by atoms with van der Waals surface area (Å²) < 4.78 is 0. The fourth-order valence-corrected chi connectivity index (χ4v) is 1.22. The van der Waals surface area contributed by atoms with Gasteiger partial charge in [0.1, 0.15) is 0 Å². The number of aliphatic hydroxyl groups excluding tert-OH is 1. The van der Waals surface area contributed by atoms with Gasteiger partial charge in [-0.3, -0.25) is 0 Å². The van der Waals surface area contributed by atoms with Crippen molar-refractivity contribution in [2.24, 2.45) is 5.92 Å². The highest BCUT2D eigenvalue weighted by atomic mass is 16.5. The maximum absolute atomic E-state index is 8.78. The molecule has 0 aromatic rings. The van der Waals surface area contributed by atoms with Crippen LogP contribution in [-0.2, 0) is 0 Å². The average molecular weight is 174 g/mol. The molecule has 0 rings (SSSR count). The van der Waals surface area contributed by atoms with Gasteiger partial charge in [-0.2, -0.15) is 0 Å². The minimum atomic E-state index is -1.13. The summed E-state index contributed by atoms with van der Waals surface area (Å²) in [5.74, 6) is 0.0339. The van der Waals surface area contributed by atoms with Gasteiger partial charge in [0.15, 0.2) is 6.29 Å². The van der Waals surface area contributed by atoms with Crippen LogP contribution in [0.1, 0.15) is 52.4 Å². The van der Waals surface area contributed by atoms with E-state index < -0.39 is 6.29 Å². The van der Waals surface area contributed by atoms with Gasteiger partial charge in [0.25, 0.3) is 0 Å². The van der Waals surface area contributed by atoms with Crippen molar-refractivity contribution < 1.29 is 10.2 Å². The molecule has 0 saturated heterocycles. The standard InChI is InChI=1S/C10H22O2/c1-3-4-5-6-7-8-9(2)10(11)12/h9-12H,3-8H2,1-2H3. The van der Waals surface area contributed by atoms with Crippen LogP contribution in [0.4, 0.5) is 0 Å². The monoisotopic (exact) mass is 174 g/mol. The van der Waals surface area contributed by atoms with Gasteiger partial charge in [-0.1, -0.05) is 46.0 Å². The first kappa shape index (κ1) is 11.9. The number of hydrogen-bond acceptors (Lipinski definition) is 2. The third-order valence-corrected chi connectivity index (χ3v) is 2.27. The van der Waals surface area contributed by atoms with Gasteiger partial charge in [0, 0.05) is 5.92 Å².